The first-order valence-electron chi connectivity index (χ1n) is 19.2. The van der Waals surface area contributed by atoms with E-state index in [2.05, 4.69) is 29.6 Å². The van der Waals surface area contributed by atoms with Gasteiger partial charge in [0.05, 0.1) is 72.4 Å². The summed E-state index contributed by atoms with van der Waals surface area (Å²) in [6.45, 7) is 0.0988. The van der Waals surface area contributed by atoms with Crippen molar-refractivity contribution in [1.82, 2.24) is 20.1 Å². The summed E-state index contributed by atoms with van der Waals surface area (Å²) in [5.74, 6) is -8.68. The van der Waals surface area contributed by atoms with Crippen molar-refractivity contribution in [3.8, 4) is 0 Å². The number of ether oxygens (including phenoxy) is 5. The number of aromatic nitrogens is 1. The van der Waals surface area contributed by atoms with Crippen LogP contribution in [0.3, 0.4) is 0 Å². The molecule has 2 unspecified atom stereocenters. The first-order valence-corrected chi connectivity index (χ1v) is 19.2. The van der Waals surface area contributed by atoms with Crippen molar-refractivity contribution in [2.75, 3.05) is 73.2 Å². The minimum atomic E-state index is -2.66. The van der Waals surface area contributed by atoms with Gasteiger partial charge in [-0.25, -0.2) is 18.8 Å². The number of amides is 3. The van der Waals surface area contributed by atoms with Gasteiger partial charge in [-0.1, -0.05) is 0 Å². The molecule has 1 aliphatic carbocycles. The van der Waals surface area contributed by atoms with Crippen LogP contribution in [0, 0.1) is 5.82 Å². The molecule has 2 aromatic rings. The lowest BCUT2D eigenvalue weighted by Gasteiger charge is -2.38. The largest absolute Gasteiger partial charge is 0.469 e. The minimum Gasteiger partial charge on any atom is -0.469 e. The molecule has 3 amide bonds. The zero-order chi connectivity index (χ0) is 45.2. The van der Waals surface area contributed by atoms with Crippen LogP contribution in [0.15, 0.2) is 23.1 Å². The van der Waals surface area contributed by atoms with Gasteiger partial charge in [-0.15, -0.1) is 0 Å². The lowest BCUT2D eigenvalue weighted by atomic mass is 9.94. The summed E-state index contributed by atoms with van der Waals surface area (Å²) in [4.78, 5) is 117. The summed E-state index contributed by atoms with van der Waals surface area (Å²) in [5.41, 5.74) is -5.52. The number of esters is 5. The second-order valence-electron chi connectivity index (χ2n) is 14.7. The highest BCUT2D eigenvalue weighted by molar-refractivity contribution is 5.96. The Morgan fingerprint density at radius 3 is 1.85 bits per heavy atom. The van der Waals surface area contributed by atoms with E-state index >= 15 is 4.39 Å². The van der Waals surface area contributed by atoms with Gasteiger partial charge < -0.3 is 58.9 Å². The molecule has 0 radical (unpaired) electrons. The van der Waals surface area contributed by atoms with Crippen LogP contribution in [0.4, 0.5) is 10.1 Å². The Hall–Kier alpha value is -6.16. The number of pyridine rings is 1. The average molecular weight is 864 g/mol. The monoisotopic (exact) mass is 863 g/mol. The van der Waals surface area contributed by atoms with Gasteiger partial charge >= 0.3 is 29.8 Å². The highest BCUT2D eigenvalue weighted by Crippen LogP contribution is 2.38. The molecule has 1 aromatic carbocycles. The molecule has 61 heavy (non-hydrogen) atoms. The normalized spacial score (nSPS) is 16.3. The van der Waals surface area contributed by atoms with Gasteiger partial charge in [0.2, 0.25) is 23.2 Å². The van der Waals surface area contributed by atoms with Gasteiger partial charge in [0.1, 0.15) is 17.4 Å². The zero-order valence-electron chi connectivity index (χ0n) is 34.4. The van der Waals surface area contributed by atoms with Crippen molar-refractivity contribution >= 4 is 64.2 Å². The molecule has 0 spiro atoms. The second-order valence-corrected chi connectivity index (χ2v) is 14.7. The number of hydrogen-bond donors (Lipinski definition) is 4. The van der Waals surface area contributed by atoms with Crippen LogP contribution in [0.25, 0.3) is 10.9 Å². The SMILES string of the molecule is COC(=O)CC(O)(CC(=O)NCCC[C@@H](NC(=O)CC(O)(CC(=O)OC)C(=O)OC)C(=O)N1CCN(c2cc3c(cc2F)c(=O)c(C(=O)OC)cn3C2CC2)CC1)C(=O)OC. The first-order chi connectivity index (χ1) is 28.8. The number of hydrogen-bond acceptors (Lipinski definition) is 17. The Kier molecular flexibility index (Phi) is 15.9. The maximum Gasteiger partial charge on any atom is 0.343 e. The molecule has 2 fully saturated rings. The Morgan fingerprint density at radius 1 is 0.787 bits per heavy atom. The zero-order valence-corrected chi connectivity index (χ0v) is 34.4. The first kappa shape index (κ1) is 47.5. The summed E-state index contributed by atoms with van der Waals surface area (Å²) in [7, 11) is 5.06. The predicted octanol–water partition coefficient (Wildman–Crippen LogP) is -0.993. The van der Waals surface area contributed by atoms with Crippen molar-refractivity contribution in [2.24, 2.45) is 0 Å². The van der Waals surface area contributed by atoms with Crippen molar-refractivity contribution in [3.05, 3.63) is 39.9 Å². The minimum absolute atomic E-state index is 0.00140. The molecule has 1 aliphatic heterocycles. The van der Waals surface area contributed by atoms with Crippen molar-refractivity contribution in [3.63, 3.8) is 0 Å². The molecule has 4 N–H and O–H groups in total. The van der Waals surface area contributed by atoms with Gasteiger partial charge in [-0.3, -0.25) is 28.8 Å². The number of fused-ring (bicyclic) bond motifs is 1. The van der Waals surface area contributed by atoms with Gasteiger partial charge in [0, 0.05) is 50.3 Å². The number of methoxy groups -OCH3 is 5. The van der Waals surface area contributed by atoms with E-state index in [-0.39, 0.29) is 68.2 Å². The molecule has 1 saturated carbocycles. The number of piperazine rings is 1. The van der Waals surface area contributed by atoms with Crippen LogP contribution >= 0.6 is 0 Å². The van der Waals surface area contributed by atoms with Crippen LogP contribution in [0.1, 0.15) is 67.8 Å². The molecule has 2 heterocycles. The lowest BCUT2D eigenvalue weighted by Crippen LogP contribution is -2.56. The highest BCUT2D eigenvalue weighted by atomic mass is 19.1. The molecule has 1 saturated heterocycles. The molecular weight excluding hydrogens is 813 g/mol. The predicted molar refractivity (Wildman–Crippen MR) is 207 cm³/mol. The summed E-state index contributed by atoms with van der Waals surface area (Å²) in [6, 6.07) is 1.26. The number of aliphatic hydroxyl groups is 2. The van der Waals surface area contributed by atoms with Crippen LogP contribution in [-0.4, -0.2) is 153 Å². The summed E-state index contributed by atoms with van der Waals surface area (Å²) < 4.78 is 40.4. The molecule has 334 valence electrons. The van der Waals surface area contributed by atoms with Crippen LogP contribution in [-0.2, 0) is 57.2 Å². The highest BCUT2D eigenvalue weighted by Gasteiger charge is 2.44. The van der Waals surface area contributed by atoms with Gasteiger partial charge in [-0.05, 0) is 37.8 Å². The molecule has 22 heteroatoms. The number of halogens is 1. The van der Waals surface area contributed by atoms with Crippen molar-refractivity contribution in [2.45, 2.75) is 74.7 Å². The molecule has 2 aliphatic rings. The quantitative estimate of drug-likeness (QED) is 0.0750. The standard InChI is InChI=1S/C39H50FN5O16/c1-57-31(48)19-38(55,36(53)60-4)17-29(46)41-10-6-7-26(42-30(47)18-39(56,37(54)61-5)20-32(49)58-2)34(51)44-13-11-43(12-14-44)28-16-27-23(15-25(28)40)33(50)24(35(52)59-3)21-45(27)22-8-9-22/h15-16,21-22,26,55-56H,6-14,17-20H2,1-5H3,(H,41,46)(H,42,47)/t26-,38?,39?/m1/s1. The molecule has 3 atom stereocenters. The van der Waals surface area contributed by atoms with Gasteiger partial charge in [-0.2, -0.15) is 0 Å². The Labute approximate surface area is 348 Å². The molecule has 0 bridgehead atoms. The van der Waals surface area contributed by atoms with Gasteiger partial charge in [0.15, 0.2) is 11.2 Å². The Morgan fingerprint density at radius 2 is 1.34 bits per heavy atom. The summed E-state index contributed by atoms with van der Waals surface area (Å²) in [5, 5.41) is 26.6. The van der Waals surface area contributed by atoms with Gasteiger partial charge in [0.25, 0.3) is 0 Å². The maximum atomic E-state index is 15.7. The fourth-order valence-electron chi connectivity index (χ4n) is 6.95. The number of rotatable bonds is 19. The Balaban J connectivity index is 1.51. The number of benzene rings is 1. The molecular formula is C39H50FN5O16. The topological polar surface area (TPSA) is 276 Å². The van der Waals surface area contributed by atoms with Crippen LogP contribution < -0.4 is 21.0 Å². The molecule has 1 aromatic heterocycles. The summed E-state index contributed by atoms with van der Waals surface area (Å²) >= 11 is 0. The number of carbonyl (C=O) groups is 8. The Bertz CT molecular complexity index is 2100. The van der Waals surface area contributed by atoms with E-state index in [9.17, 15) is 53.4 Å². The number of nitrogens with one attached hydrogen (secondary N) is 2. The maximum absolute atomic E-state index is 15.7. The lowest BCUT2D eigenvalue weighted by molar-refractivity contribution is -0.171. The van der Waals surface area contributed by atoms with E-state index in [1.165, 1.54) is 17.2 Å². The fourth-order valence-corrected chi connectivity index (χ4v) is 6.95. The average Bonchev–Trinajstić information content (AvgIpc) is 4.09. The smallest absolute Gasteiger partial charge is 0.343 e. The molecule has 4 rings (SSSR count). The van der Waals surface area contributed by atoms with E-state index in [1.807, 2.05) is 0 Å². The number of carbonyl (C=O) groups excluding carboxylic acids is 8. The van der Waals surface area contributed by atoms with Crippen molar-refractivity contribution in [1.29, 1.82) is 0 Å². The third-order valence-corrected chi connectivity index (χ3v) is 10.4. The van der Waals surface area contributed by atoms with Crippen LogP contribution in [0.5, 0.6) is 0 Å². The van der Waals surface area contributed by atoms with E-state index < -0.39 is 102 Å². The van der Waals surface area contributed by atoms with Crippen molar-refractivity contribution < 1.29 is 76.6 Å². The third kappa shape index (κ3) is 11.6. The van der Waals surface area contributed by atoms with E-state index in [4.69, 9.17) is 4.74 Å². The van der Waals surface area contributed by atoms with E-state index in [1.54, 1.807) is 9.47 Å². The van der Waals surface area contributed by atoms with Crippen LogP contribution in [0.2, 0.25) is 0 Å². The molecule has 21 nitrogen and oxygen atoms in total. The van der Waals surface area contributed by atoms with E-state index in [0.717, 1.165) is 54.5 Å². The fraction of sp³-hybridized carbons (Fsp3) is 0.564. The number of anilines is 1. The number of nitrogens with zero attached hydrogens (tertiary/aromatic N) is 3. The summed E-state index contributed by atoms with van der Waals surface area (Å²) in [6.07, 6.45) is -0.854. The second kappa shape index (κ2) is 20.4. The third-order valence-electron chi connectivity index (χ3n) is 10.4. The van der Waals surface area contributed by atoms with E-state index in [0.29, 0.717) is 5.52 Å².